The molecule has 1 aromatic rings. The summed E-state index contributed by atoms with van der Waals surface area (Å²) < 4.78 is 4.13. The van der Waals surface area contributed by atoms with Crippen LogP contribution in [0.4, 0.5) is 5.69 Å². The van der Waals surface area contributed by atoms with Crippen LogP contribution in [0, 0.1) is 6.92 Å². The molecule has 0 amide bonds. The van der Waals surface area contributed by atoms with Gasteiger partial charge in [0.15, 0.2) is 0 Å². The molecule has 4 nitrogen and oxygen atoms in total. The third-order valence-corrected chi connectivity index (χ3v) is 1.97. The van der Waals surface area contributed by atoms with Crippen molar-refractivity contribution in [1.29, 1.82) is 0 Å². The fourth-order valence-corrected chi connectivity index (χ4v) is 1.21. The third kappa shape index (κ3) is 4.33. The SMILES string of the molecule is Cc1cc(SOO[O-])ccc1N.[Na+]. The quantitative estimate of drug-likeness (QED) is 0.201. The first kappa shape index (κ1) is 13.2. The molecule has 0 aliphatic heterocycles. The predicted molar refractivity (Wildman–Crippen MR) is 43.6 cm³/mol. The average Bonchev–Trinajstić information content (AvgIpc) is 2.07. The van der Waals surface area contributed by atoms with Crippen molar-refractivity contribution in [2.24, 2.45) is 0 Å². The molecule has 0 aromatic heterocycles. The van der Waals surface area contributed by atoms with Gasteiger partial charge in [0.05, 0.1) is 12.0 Å². The van der Waals surface area contributed by atoms with Crippen LogP contribution >= 0.6 is 12.0 Å². The molecule has 0 aliphatic carbocycles. The van der Waals surface area contributed by atoms with Crippen LogP contribution in [0.2, 0.25) is 0 Å². The second kappa shape index (κ2) is 6.67. The maximum Gasteiger partial charge on any atom is 1.00 e. The number of anilines is 1. The molecular weight excluding hydrogens is 201 g/mol. The minimum absolute atomic E-state index is 0. The molecule has 6 heteroatoms. The fourth-order valence-electron chi connectivity index (χ4n) is 0.753. The van der Waals surface area contributed by atoms with Crippen molar-refractivity contribution < 1.29 is 44.2 Å². The van der Waals surface area contributed by atoms with E-state index in [0.29, 0.717) is 5.69 Å². The van der Waals surface area contributed by atoms with Gasteiger partial charge in [-0.2, -0.15) is 4.33 Å². The van der Waals surface area contributed by atoms with Gasteiger partial charge in [-0.1, -0.05) is 0 Å². The van der Waals surface area contributed by atoms with E-state index >= 15 is 0 Å². The van der Waals surface area contributed by atoms with E-state index in [1.165, 1.54) is 0 Å². The summed E-state index contributed by atoms with van der Waals surface area (Å²) in [5.74, 6) is 0. The van der Waals surface area contributed by atoms with E-state index in [4.69, 9.17) is 5.73 Å². The number of benzene rings is 1. The zero-order valence-corrected chi connectivity index (χ0v) is 10.3. The van der Waals surface area contributed by atoms with Gasteiger partial charge in [-0.15, -0.1) is 0 Å². The van der Waals surface area contributed by atoms with Gasteiger partial charge in [-0.3, -0.25) is 5.04 Å². The molecule has 0 atom stereocenters. The van der Waals surface area contributed by atoms with Gasteiger partial charge in [0.25, 0.3) is 0 Å². The van der Waals surface area contributed by atoms with Crippen molar-refractivity contribution in [3.8, 4) is 0 Å². The Labute approximate surface area is 103 Å². The standard InChI is InChI=1S/C7H9NO3S.Na/c1-5-4-6(12-11-10-9)2-3-7(5)8;/h2-4,9H,8H2,1H3;/q;+1/p-1. The number of nitrogens with two attached hydrogens (primary N) is 1. The first-order valence-corrected chi connectivity index (χ1v) is 3.97. The molecule has 2 N–H and O–H groups in total. The van der Waals surface area contributed by atoms with E-state index in [0.717, 1.165) is 22.5 Å². The zero-order chi connectivity index (χ0) is 8.97. The van der Waals surface area contributed by atoms with E-state index in [1.807, 2.05) is 6.92 Å². The zero-order valence-electron chi connectivity index (χ0n) is 7.44. The van der Waals surface area contributed by atoms with Crippen LogP contribution in [0.25, 0.3) is 0 Å². The largest absolute Gasteiger partial charge is 1.00 e. The molecule has 66 valence electrons. The van der Waals surface area contributed by atoms with Crippen LogP contribution in [-0.4, -0.2) is 0 Å². The molecular formula is C7H8NNaO3S. The van der Waals surface area contributed by atoms with Gasteiger partial charge >= 0.3 is 29.6 Å². The summed E-state index contributed by atoms with van der Waals surface area (Å²) in [5.41, 5.74) is 7.22. The number of nitrogen functional groups attached to an aromatic ring is 1. The predicted octanol–water partition coefficient (Wildman–Crippen LogP) is -2.19. The fraction of sp³-hybridized carbons (Fsp3) is 0.143. The van der Waals surface area contributed by atoms with E-state index in [-0.39, 0.29) is 29.6 Å². The maximum absolute atomic E-state index is 9.49. The maximum atomic E-state index is 9.49. The molecule has 0 heterocycles. The second-order valence-electron chi connectivity index (χ2n) is 2.24. The Hall–Kier alpha value is 0.250. The van der Waals surface area contributed by atoms with Gasteiger partial charge in [0, 0.05) is 10.6 Å². The first-order valence-electron chi connectivity index (χ1n) is 3.23. The van der Waals surface area contributed by atoms with E-state index in [2.05, 4.69) is 9.37 Å². The molecule has 0 saturated carbocycles. The van der Waals surface area contributed by atoms with Crippen LogP contribution in [0.15, 0.2) is 23.1 Å². The topological polar surface area (TPSA) is 67.5 Å². The summed E-state index contributed by atoms with van der Waals surface area (Å²) in [6.07, 6.45) is 0. The van der Waals surface area contributed by atoms with Gasteiger partial charge in [0.1, 0.15) is 0 Å². The summed E-state index contributed by atoms with van der Waals surface area (Å²) in [5, 5.41) is 12.7. The van der Waals surface area contributed by atoms with Crippen LogP contribution in [0.1, 0.15) is 5.56 Å². The molecule has 13 heavy (non-hydrogen) atoms. The molecule has 0 saturated heterocycles. The Morgan fingerprint density at radius 2 is 2.15 bits per heavy atom. The van der Waals surface area contributed by atoms with Crippen molar-refractivity contribution >= 4 is 17.7 Å². The number of hydrogen-bond donors (Lipinski definition) is 1. The summed E-state index contributed by atoms with van der Waals surface area (Å²) in [6.45, 7) is 1.87. The molecule has 0 spiro atoms. The average molecular weight is 209 g/mol. The normalized spacial score (nSPS) is 9.38. The van der Waals surface area contributed by atoms with Crippen LogP contribution in [0.5, 0.6) is 0 Å². The van der Waals surface area contributed by atoms with Gasteiger partial charge in [0.2, 0.25) is 0 Å². The van der Waals surface area contributed by atoms with Gasteiger partial charge in [-0.25, -0.2) is 0 Å². The van der Waals surface area contributed by atoms with E-state index in [1.54, 1.807) is 18.2 Å². The van der Waals surface area contributed by atoms with Gasteiger partial charge < -0.3 is 11.0 Å². The Morgan fingerprint density at radius 3 is 2.69 bits per heavy atom. The molecule has 0 radical (unpaired) electrons. The summed E-state index contributed by atoms with van der Waals surface area (Å²) >= 11 is 0.853. The Kier molecular flexibility index (Phi) is 6.79. The Morgan fingerprint density at radius 1 is 1.46 bits per heavy atom. The molecule has 0 aliphatic rings. The second-order valence-corrected chi connectivity index (χ2v) is 3.01. The number of rotatable bonds is 3. The van der Waals surface area contributed by atoms with E-state index < -0.39 is 0 Å². The minimum Gasteiger partial charge on any atom is -0.691 e. The number of hydrogen-bond acceptors (Lipinski definition) is 5. The van der Waals surface area contributed by atoms with Crippen molar-refractivity contribution in [3.63, 3.8) is 0 Å². The van der Waals surface area contributed by atoms with Crippen molar-refractivity contribution in [1.82, 2.24) is 0 Å². The monoisotopic (exact) mass is 209 g/mol. The molecule has 1 rings (SSSR count). The smallest absolute Gasteiger partial charge is 0.691 e. The molecule has 1 aromatic carbocycles. The number of aryl methyl sites for hydroxylation is 1. The first-order chi connectivity index (χ1) is 5.74. The van der Waals surface area contributed by atoms with Crippen molar-refractivity contribution in [3.05, 3.63) is 23.8 Å². The summed E-state index contributed by atoms with van der Waals surface area (Å²) in [4.78, 5) is 0.776. The van der Waals surface area contributed by atoms with Crippen LogP contribution in [0.3, 0.4) is 0 Å². The molecule has 0 bridgehead atoms. The Balaban J connectivity index is 0.00000144. The Bertz CT molecular complexity index is 272. The van der Waals surface area contributed by atoms with Crippen LogP contribution in [-0.2, 0) is 9.37 Å². The minimum atomic E-state index is 0. The third-order valence-electron chi connectivity index (χ3n) is 1.40. The molecule has 0 unspecified atom stereocenters. The van der Waals surface area contributed by atoms with Crippen molar-refractivity contribution in [2.75, 3.05) is 5.73 Å². The van der Waals surface area contributed by atoms with Crippen molar-refractivity contribution in [2.45, 2.75) is 11.8 Å². The summed E-state index contributed by atoms with van der Waals surface area (Å²) in [6, 6.07) is 5.29. The van der Waals surface area contributed by atoms with Gasteiger partial charge in [-0.05, 0) is 30.7 Å². The van der Waals surface area contributed by atoms with E-state index in [9.17, 15) is 5.26 Å². The summed E-state index contributed by atoms with van der Waals surface area (Å²) in [7, 11) is 0. The van der Waals surface area contributed by atoms with Crippen LogP contribution < -0.4 is 40.5 Å². The molecule has 0 fully saturated rings.